The highest BCUT2D eigenvalue weighted by Crippen LogP contribution is 2.27. The average Bonchev–Trinajstić information content (AvgIpc) is 2.53. The lowest BCUT2D eigenvalue weighted by Crippen LogP contribution is -2.45. The summed E-state index contributed by atoms with van der Waals surface area (Å²) >= 11 is 6.08. The van der Waals surface area contributed by atoms with Crippen molar-refractivity contribution in [1.29, 1.82) is 0 Å². The van der Waals surface area contributed by atoms with E-state index in [0.29, 0.717) is 18.0 Å². The number of aliphatic carboxylic acids is 1. The summed E-state index contributed by atoms with van der Waals surface area (Å²) in [6.07, 6.45) is 2.70. The van der Waals surface area contributed by atoms with Gasteiger partial charge in [0.1, 0.15) is 6.04 Å². The molecule has 24 heavy (non-hydrogen) atoms. The maximum Gasteiger partial charge on any atom is 0.303 e. The second kappa shape index (κ2) is 8.49. The summed E-state index contributed by atoms with van der Waals surface area (Å²) in [5.41, 5.74) is 0.880. The van der Waals surface area contributed by atoms with E-state index in [1.807, 2.05) is 42.1 Å². The molecule has 0 bridgehead atoms. The molecule has 1 fully saturated rings. The Kier molecular flexibility index (Phi) is 6.63. The van der Waals surface area contributed by atoms with Crippen LogP contribution in [0.1, 0.15) is 37.3 Å². The molecule has 2 unspecified atom stereocenters. The highest BCUT2D eigenvalue weighted by Gasteiger charge is 2.31. The molecular weight excluding hydrogens is 328 g/mol. The van der Waals surface area contributed by atoms with Crippen molar-refractivity contribution in [1.82, 2.24) is 9.80 Å². The molecule has 0 saturated carbocycles. The van der Waals surface area contributed by atoms with Crippen LogP contribution in [0.15, 0.2) is 24.3 Å². The molecule has 1 aromatic rings. The zero-order valence-electron chi connectivity index (χ0n) is 14.2. The standard InChI is InChI=1S/C18H25ClN2O3/c1-20(2)17(14-6-3-7-15(19)11-14)18(24)21-10-4-5-13(12-21)8-9-16(22)23/h3,6-7,11,13,17H,4-5,8-10,12H2,1-2H3,(H,22,23). The summed E-state index contributed by atoms with van der Waals surface area (Å²) < 4.78 is 0. The Labute approximate surface area is 148 Å². The summed E-state index contributed by atoms with van der Waals surface area (Å²) in [6.45, 7) is 1.37. The van der Waals surface area contributed by atoms with E-state index >= 15 is 0 Å². The number of amides is 1. The van der Waals surface area contributed by atoms with E-state index in [2.05, 4.69) is 0 Å². The third kappa shape index (κ3) is 4.95. The monoisotopic (exact) mass is 352 g/mol. The smallest absolute Gasteiger partial charge is 0.303 e. The molecule has 1 aromatic carbocycles. The predicted molar refractivity (Wildman–Crippen MR) is 94.1 cm³/mol. The highest BCUT2D eigenvalue weighted by atomic mass is 35.5. The Morgan fingerprint density at radius 3 is 2.79 bits per heavy atom. The summed E-state index contributed by atoms with van der Waals surface area (Å²) in [7, 11) is 3.77. The molecule has 0 radical (unpaired) electrons. The number of hydrogen-bond acceptors (Lipinski definition) is 3. The Morgan fingerprint density at radius 1 is 1.42 bits per heavy atom. The minimum atomic E-state index is -0.774. The van der Waals surface area contributed by atoms with Gasteiger partial charge in [-0.2, -0.15) is 0 Å². The number of likely N-dealkylation sites (tertiary alicyclic amines) is 1. The number of carboxylic acid groups (broad SMARTS) is 1. The minimum Gasteiger partial charge on any atom is -0.481 e. The quantitative estimate of drug-likeness (QED) is 0.854. The van der Waals surface area contributed by atoms with Gasteiger partial charge in [0.15, 0.2) is 0 Å². The van der Waals surface area contributed by atoms with Gasteiger partial charge in [-0.15, -0.1) is 0 Å². The van der Waals surface area contributed by atoms with Crippen LogP contribution in [0.5, 0.6) is 0 Å². The topological polar surface area (TPSA) is 60.9 Å². The number of carboxylic acids is 1. The number of nitrogens with zero attached hydrogens (tertiary/aromatic N) is 2. The Morgan fingerprint density at radius 2 is 2.17 bits per heavy atom. The molecule has 1 aliphatic heterocycles. The number of hydrogen-bond donors (Lipinski definition) is 1. The Bertz CT molecular complexity index is 591. The Balaban J connectivity index is 2.10. The molecule has 1 N–H and O–H groups in total. The van der Waals surface area contributed by atoms with Crippen molar-refractivity contribution in [3.05, 3.63) is 34.9 Å². The molecule has 0 spiro atoms. The van der Waals surface area contributed by atoms with Crippen LogP contribution in [0.2, 0.25) is 5.02 Å². The molecule has 1 aliphatic rings. The van der Waals surface area contributed by atoms with E-state index in [9.17, 15) is 9.59 Å². The van der Waals surface area contributed by atoms with Gasteiger partial charge in [0.05, 0.1) is 0 Å². The fraction of sp³-hybridized carbons (Fsp3) is 0.556. The molecule has 1 saturated heterocycles. The van der Waals surface area contributed by atoms with Crippen LogP contribution >= 0.6 is 11.6 Å². The molecule has 6 heteroatoms. The maximum absolute atomic E-state index is 13.1. The van der Waals surface area contributed by atoms with Crippen LogP contribution in [-0.4, -0.2) is 54.0 Å². The van der Waals surface area contributed by atoms with Crippen LogP contribution in [0.4, 0.5) is 0 Å². The van der Waals surface area contributed by atoms with Gasteiger partial charge in [0.2, 0.25) is 5.91 Å². The summed E-state index contributed by atoms with van der Waals surface area (Å²) in [4.78, 5) is 27.6. The molecular formula is C18H25ClN2O3. The second-order valence-electron chi connectivity index (χ2n) is 6.65. The van der Waals surface area contributed by atoms with Gasteiger partial charge >= 0.3 is 5.97 Å². The minimum absolute atomic E-state index is 0.0577. The van der Waals surface area contributed by atoms with Gasteiger partial charge in [-0.05, 0) is 57.0 Å². The van der Waals surface area contributed by atoms with Gasteiger partial charge in [0, 0.05) is 24.5 Å². The van der Waals surface area contributed by atoms with Crippen LogP contribution in [-0.2, 0) is 9.59 Å². The molecule has 2 rings (SSSR count). The number of likely N-dealkylation sites (N-methyl/N-ethyl adjacent to an activating group) is 1. The Hall–Kier alpha value is -1.59. The molecule has 5 nitrogen and oxygen atoms in total. The number of halogens is 1. The van der Waals surface area contributed by atoms with E-state index in [4.69, 9.17) is 16.7 Å². The predicted octanol–water partition coefficient (Wildman–Crippen LogP) is 3.05. The van der Waals surface area contributed by atoms with Gasteiger partial charge in [-0.25, -0.2) is 0 Å². The average molecular weight is 353 g/mol. The van der Waals surface area contributed by atoms with Gasteiger partial charge < -0.3 is 10.0 Å². The fourth-order valence-electron chi connectivity index (χ4n) is 3.34. The van der Waals surface area contributed by atoms with Gasteiger partial charge in [-0.1, -0.05) is 23.7 Å². The van der Waals surface area contributed by atoms with Crippen molar-refractivity contribution in [2.24, 2.45) is 5.92 Å². The molecule has 1 amide bonds. The van der Waals surface area contributed by atoms with Crippen molar-refractivity contribution < 1.29 is 14.7 Å². The van der Waals surface area contributed by atoms with Crippen LogP contribution in [0.25, 0.3) is 0 Å². The number of carbonyl (C=O) groups is 2. The second-order valence-corrected chi connectivity index (χ2v) is 7.08. The normalized spacial score (nSPS) is 19.3. The first-order valence-corrected chi connectivity index (χ1v) is 8.68. The van der Waals surface area contributed by atoms with Gasteiger partial charge in [0.25, 0.3) is 0 Å². The fourth-order valence-corrected chi connectivity index (χ4v) is 3.54. The van der Waals surface area contributed by atoms with Crippen LogP contribution in [0, 0.1) is 5.92 Å². The zero-order chi connectivity index (χ0) is 17.7. The van der Waals surface area contributed by atoms with E-state index < -0.39 is 5.97 Å². The van der Waals surface area contributed by atoms with Crippen molar-refractivity contribution in [3.8, 4) is 0 Å². The van der Waals surface area contributed by atoms with Crippen LogP contribution < -0.4 is 0 Å². The number of carbonyl (C=O) groups excluding carboxylic acids is 1. The van der Waals surface area contributed by atoms with E-state index in [-0.39, 0.29) is 24.3 Å². The lowest BCUT2D eigenvalue weighted by atomic mass is 9.92. The van der Waals surface area contributed by atoms with Crippen molar-refractivity contribution in [3.63, 3.8) is 0 Å². The zero-order valence-corrected chi connectivity index (χ0v) is 15.0. The van der Waals surface area contributed by atoms with Crippen molar-refractivity contribution in [2.45, 2.75) is 31.7 Å². The summed E-state index contributed by atoms with van der Waals surface area (Å²) in [5, 5.41) is 9.47. The molecule has 0 aliphatic carbocycles. The number of rotatable bonds is 6. The first-order valence-electron chi connectivity index (χ1n) is 8.31. The van der Waals surface area contributed by atoms with E-state index in [1.54, 1.807) is 6.07 Å². The SMILES string of the molecule is CN(C)C(C(=O)N1CCCC(CCC(=O)O)C1)c1cccc(Cl)c1. The lowest BCUT2D eigenvalue weighted by Gasteiger charge is -2.36. The molecule has 0 aromatic heterocycles. The summed E-state index contributed by atoms with van der Waals surface area (Å²) in [6, 6.07) is 7.02. The van der Waals surface area contributed by atoms with E-state index in [1.165, 1.54) is 0 Å². The summed E-state index contributed by atoms with van der Waals surface area (Å²) in [5.74, 6) is -0.452. The first-order chi connectivity index (χ1) is 11.4. The van der Waals surface area contributed by atoms with Crippen molar-refractivity contribution in [2.75, 3.05) is 27.2 Å². The largest absolute Gasteiger partial charge is 0.481 e. The van der Waals surface area contributed by atoms with Crippen LogP contribution in [0.3, 0.4) is 0 Å². The number of piperidine rings is 1. The first kappa shape index (κ1) is 18.7. The molecule has 1 heterocycles. The third-order valence-corrected chi connectivity index (χ3v) is 4.75. The lowest BCUT2D eigenvalue weighted by molar-refractivity contribution is -0.138. The highest BCUT2D eigenvalue weighted by molar-refractivity contribution is 6.30. The van der Waals surface area contributed by atoms with Crippen molar-refractivity contribution >= 4 is 23.5 Å². The number of benzene rings is 1. The van der Waals surface area contributed by atoms with Gasteiger partial charge in [-0.3, -0.25) is 14.5 Å². The molecule has 132 valence electrons. The van der Waals surface area contributed by atoms with E-state index in [0.717, 1.165) is 24.9 Å². The maximum atomic E-state index is 13.1. The third-order valence-electron chi connectivity index (χ3n) is 4.51. The molecule has 2 atom stereocenters.